The quantitative estimate of drug-likeness (QED) is 0.737. The van der Waals surface area contributed by atoms with Gasteiger partial charge in [-0.05, 0) is 17.2 Å². The molecule has 3 heteroatoms. The third-order valence-corrected chi connectivity index (χ3v) is 2.66. The largest absolute Gasteiger partial charge is 0.323 e. The summed E-state index contributed by atoms with van der Waals surface area (Å²) in [4.78, 5) is 0. The topological polar surface area (TPSA) is 38.0 Å². The summed E-state index contributed by atoms with van der Waals surface area (Å²) in [6.07, 6.45) is 2.08. The van der Waals surface area contributed by atoms with E-state index in [0.717, 1.165) is 23.7 Å². The van der Waals surface area contributed by atoms with Crippen LogP contribution in [0.4, 0.5) is 0 Å². The first-order chi connectivity index (χ1) is 6.77. The van der Waals surface area contributed by atoms with Crippen LogP contribution in [-0.4, -0.2) is 19.1 Å². The SMILES string of the molecule is NC1C=C(c2ccccc2Cl)CNC1. The van der Waals surface area contributed by atoms with Gasteiger partial charge in [-0.3, -0.25) is 0 Å². The highest BCUT2D eigenvalue weighted by molar-refractivity contribution is 6.32. The van der Waals surface area contributed by atoms with Crippen molar-refractivity contribution in [3.8, 4) is 0 Å². The Morgan fingerprint density at radius 2 is 2.14 bits per heavy atom. The first kappa shape index (κ1) is 9.71. The van der Waals surface area contributed by atoms with Gasteiger partial charge in [0.1, 0.15) is 0 Å². The summed E-state index contributed by atoms with van der Waals surface area (Å²) in [5.41, 5.74) is 8.10. The fourth-order valence-electron chi connectivity index (χ4n) is 1.66. The van der Waals surface area contributed by atoms with Crippen LogP contribution in [0.2, 0.25) is 5.02 Å². The molecule has 0 saturated heterocycles. The van der Waals surface area contributed by atoms with E-state index in [0.29, 0.717) is 0 Å². The maximum absolute atomic E-state index is 6.10. The van der Waals surface area contributed by atoms with Crippen molar-refractivity contribution in [1.29, 1.82) is 0 Å². The minimum absolute atomic E-state index is 0.0926. The molecule has 0 spiro atoms. The van der Waals surface area contributed by atoms with E-state index in [-0.39, 0.29) is 6.04 Å². The fraction of sp³-hybridized carbons (Fsp3) is 0.273. The lowest BCUT2D eigenvalue weighted by Gasteiger charge is -2.20. The molecule has 74 valence electrons. The Hall–Kier alpha value is -0.830. The number of hydrogen-bond acceptors (Lipinski definition) is 2. The molecule has 1 aliphatic rings. The summed E-state index contributed by atoms with van der Waals surface area (Å²) in [6.45, 7) is 1.69. The van der Waals surface area contributed by atoms with Crippen LogP contribution in [0, 0.1) is 0 Å². The van der Waals surface area contributed by atoms with Gasteiger partial charge >= 0.3 is 0 Å². The summed E-state index contributed by atoms with van der Waals surface area (Å²) in [5, 5.41) is 4.05. The molecule has 0 aliphatic carbocycles. The van der Waals surface area contributed by atoms with Crippen molar-refractivity contribution >= 4 is 17.2 Å². The average molecular weight is 209 g/mol. The van der Waals surface area contributed by atoms with Gasteiger partial charge in [0, 0.05) is 24.2 Å². The molecule has 3 N–H and O–H groups in total. The maximum atomic E-state index is 6.10. The monoisotopic (exact) mass is 208 g/mol. The highest BCUT2D eigenvalue weighted by atomic mass is 35.5. The van der Waals surface area contributed by atoms with Gasteiger partial charge in [0.05, 0.1) is 0 Å². The zero-order valence-corrected chi connectivity index (χ0v) is 8.59. The van der Waals surface area contributed by atoms with Crippen molar-refractivity contribution in [1.82, 2.24) is 5.32 Å². The molecule has 2 rings (SSSR count). The predicted octanol–water partition coefficient (Wildman–Crippen LogP) is 1.65. The minimum atomic E-state index is 0.0926. The van der Waals surface area contributed by atoms with Crippen LogP contribution >= 0.6 is 11.6 Å². The second-order valence-electron chi connectivity index (χ2n) is 3.47. The van der Waals surface area contributed by atoms with E-state index in [1.54, 1.807) is 0 Å². The number of rotatable bonds is 1. The second kappa shape index (κ2) is 4.13. The molecule has 0 radical (unpaired) electrons. The lowest BCUT2D eigenvalue weighted by atomic mass is 10.0. The van der Waals surface area contributed by atoms with Crippen molar-refractivity contribution in [3.63, 3.8) is 0 Å². The van der Waals surface area contributed by atoms with Crippen LogP contribution < -0.4 is 11.1 Å². The Morgan fingerprint density at radius 3 is 2.86 bits per heavy atom. The fourth-order valence-corrected chi connectivity index (χ4v) is 1.91. The smallest absolute Gasteiger partial charge is 0.0481 e. The molecule has 0 fully saturated rings. The van der Waals surface area contributed by atoms with Gasteiger partial charge in [0.25, 0.3) is 0 Å². The highest BCUT2D eigenvalue weighted by Gasteiger charge is 2.12. The van der Waals surface area contributed by atoms with Crippen LogP contribution in [0.5, 0.6) is 0 Å². The number of nitrogens with one attached hydrogen (secondary N) is 1. The van der Waals surface area contributed by atoms with Gasteiger partial charge < -0.3 is 11.1 Å². The number of nitrogens with two attached hydrogens (primary N) is 1. The molecule has 0 saturated carbocycles. The van der Waals surface area contributed by atoms with Crippen LogP contribution in [0.1, 0.15) is 5.56 Å². The van der Waals surface area contributed by atoms with Crippen molar-refractivity contribution in [2.24, 2.45) is 5.73 Å². The molecule has 1 unspecified atom stereocenters. The molecule has 0 aromatic heterocycles. The van der Waals surface area contributed by atoms with Gasteiger partial charge in [-0.25, -0.2) is 0 Å². The zero-order valence-electron chi connectivity index (χ0n) is 7.83. The van der Waals surface area contributed by atoms with Crippen LogP contribution in [0.3, 0.4) is 0 Å². The molecule has 1 aliphatic heterocycles. The lowest BCUT2D eigenvalue weighted by Crippen LogP contribution is -2.37. The third-order valence-electron chi connectivity index (χ3n) is 2.33. The molecular weight excluding hydrogens is 196 g/mol. The molecule has 0 amide bonds. The van der Waals surface area contributed by atoms with Crippen molar-refractivity contribution in [3.05, 3.63) is 40.9 Å². The Balaban J connectivity index is 2.35. The van der Waals surface area contributed by atoms with Crippen LogP contribution in [0.25, 0.3) is 5.57 Å². The summed E-state index contributed by atoms with van der Waals surface area (Å²) in [6, 6.07) is 7.94. The van der Waals surface area contributed by atoms with Crippen LogP contribution in [0.15, 0.2) is 30.3 Å². The highest BCUT2D eigenvalue weighted by Crippen LogP contribution is 2.24. The van der Waals surface area contributed by atoms with E-state index in [1.165, 1.54) is 5.57 Å². The van der Waals surface area contributed by atoms with Crippen molar-refractivity contribution in [2.75, 3.05) is 13.1 Å². The van der Waals surface area contributed by atoms with E-state index >= 15 is 0 Å². The number of halogens is 1. The predicted molar refractivity (Wildman–Crippen MR) is 60.3 cm³/mol. The molecule has 14 heavy (non-hydrogen) atoms. The standard InChI is InChI=1S/C11H13ClN2/c12-11-4-2-1-3-10(11)8-5-9(13)7-14-6-8/h1-5,9,14H,6-7,13H2. The first-order valence-corrected chi connectivity index (χ1v) is 5.07. The summed E-state index contributed by atoms with van der Waals surface area (Å²) in [5.74, 6) is 0. The minimum Gasteiger partial charge on any atom is -0.323 e. The molecule has 0 bridgehead atoms. The summed E-state index contributed by atoms with van der Waals surface area (Å²) < 4.78 is 0. The van der Waals surface area contributed by atoms with Crippen molar-refractivity contribution < 1.29 is 0 Å². The number of hydrogen-bond donors (Lipinski definition) is 2. The Morgan fingerprint density at radius 1 is 1.36 bits per heavy atom. The van der Waals surface area contributed by atoms with Gasteiger partial charge in [0.15, 0.2) is 0 Å². The summed E-state index contributed by atoms with van der Waals surface area (Å²) in [7, 11) is 0. The molecule has 1 heterocycles. The summed E-state index contributed by atoms with van der Waals surface area (Å²) >= 11 is 6.10. The Labute approximate surface area is 88.8 Å². The Bertz CT molecular complexity index is 360. The van der Waals surface area contributed by atoms with Gasteiger partial charge in [-0.15, -0.1) is 0 Å². The van der Waals surface area contributed by atoms with Crippen molar-refractivity contribution in [2.45, 2.75) is 6.04 Å². The second-order valence-corrected chi connectivity index (χ2v) is 3.87. The van der Waals surface area contributed by atoms with Crippen LogP contribution in [-0.2, 0) is 0 Å². The van der Waals surface area contributed by atoms with Gasteiger partial charge in [-0.1, -0.05) is 35.9 Å². The Kier molecular flexibility index (Phi) is 2.87. The molecule has 2 nitrogen and oxygen atoms in total. The van der Waals surface area contributed by atoms with Gasteiger partial charge in [-0.2, -0.15) is 0 Å². The van der Waals surface area contributed by atoms with Gasteiger partial charge in [0.2, 0.25) is 0 Å². The molecule has 1 aromatic carbocycles. The van der Waals surface area contributed by atoms with E-state index < -0.39 is 0 Å². The number of benzene rings is 1. The molecular formula is C11H13ClN2. The lowest BCUT2D eigenvalue weighted by molar-refractivity contribution is 0.663. The van der Waals surface area contributed by atoms with E-state index in [4.69, 9.17) is 17.3 Å². The zero-order chi connectivity index (χ0) is 9.97. The van der Waals surface area contributed by atoms with E-state index in [9.17, 15) is 0 Å². The average Bonchev–Trinajstić information content (AvgIpc) is 2.18. The molecule has 1 aromatic rings. The first-order valence-electron chi connectivity index (χ1n) is 4.69. The normalized spacial score (nSPS) is 21.9. The maximum Gasteiger partial charge on any atom is 0.0481 e. The van der Waals surface area contributed by atoms with E-state index in [2.05, 4.69) is 11.4 Å². The van der Waals surface area contributed by atoms with E-state index in [1.807, 2.05) is 24.3 Å². The molecule has 1 atom stereocenters. The third kappa shape index (κ3) is 1.98.